The van der Waals surface area contributed by atoms with Crippen LogP contribution in [0.5, 0.6) is 0 Å². The number of hydrogen-bond acceptors (Lipinski definition) is 4. The Kier molecular flexibility index (Phi) is 4.40. The maximum atomic E-state index is 11.1. The van der Waals surface area contributed by atoms with Gasteiger partial charge in [0.2, 0.25) is 0 Å². The molecule has 0 amide bonds. The Morgan fingerprint density at radius 3 is 2.74 bits per heavy atom. The number of carbonyl (C=O) groups excluding carboxylic acids is 1. The number of carbonyl (C=O) groups is 1. The third kappa shape index (κ3) is 3.06. The molecule has 4 nitrogen and oxygen atoms in total. The Morgan fingerprint density at radius 2 is 2.05 bits per heavy atom. The molecule has 5 heteroatoms. The number of aromatic nitrogens is 2. The first-order chi connectivity index (χ1) is 9.02. The fraction of sp³-hybridized carbons (Fsp3) is 0.643. The van der Waals surface area contributed by atoms with Gasteiger partial charge in [-0.2, -0.15) is 0 Å². The van der Waals surface area contributed by atoms with Gasteiger partial charge in [-0.25, -0.2) is 9.97 Å². The van der Waals surface area contributed by atoms with Crippen LogP contribution in [0.1, 0.15) is 49.3 Å². The van der Waals surface area contributed by atoms with Crippen LogP contribution in [0.15, 0.2) is 0 Å². The molecule has 1 aromatic heterocycles. The molecule has 0 aromatic carbocycles. The van der Waals surface area contributed by atoms with E-state index in [-0.39, 0.29) is 5.15 Å². The molecule has 1 heterocycles. The number of aldehydes is 1. The number of anilines is 1. The van der Waals surface area contributed by atoms with Crippen LogP contribution in [0, 0.1) is 18.8 Å². The van der Waals surface area contributed by atoms with E-state index in [1.54, 1.807) is 6.92 Å². The van der Waals surface area contributed by atoms with E-state index in [2.05, 4.69) is 29.1 Å². The van der Waals surface area contributed by atoms with Crippen molar-refractivity contribution in [3.8, 4) is 0 Å². The summed E-state index contributed by atoms with van der Waals surface area (Å²) in [6, 6.07) is 0.341. The summed E-state index contributed by atoms with van der Waals surface area (Å²) in [5.41, 5.74) is 0.359. The van der Waals surface area contributed by atoms with Crippen molar-refractivity contribution in [2.75, 3.05) is 5.32 Å². The molecule has 3 unspecified atom stereocenters. The molecule has 2 rings (SSSR count). The van der Waals surface area contributed by atoms with Crippen LogP contribution in [0.3, 0.4) is 0 Å². The number of hydrogen-bond donors (Lipinski definition) is 1. The van der Waals surface area contributed by atoms with Crippen LogP contribution in [0.2, 0.25) is 5.15 Å². The Balaban J connectivity index is 2.25. The predicted molar refractivity (Wildman–Crippen MR) is 76.8 cm³/mol. The van der Waals surface area contributed by atoms with Crippen LogP contribution >= 0.6 is 11.6 Å². The molecule has 104 valence electrons. The van der Waals surface area contributed by atoms with Crippen molar-refractivity contribution in [3.63, 3.8) is 0 Å². The molecule has 1 fully saturated rings. The minimum Gasteiger partial charge on any atom is -0.366 e. The lowest BCUT2D eigenvalue weighted by Crippen LogP contribution is -2.35. The van der Waals surface area contributed by atoms with E-state index < -0.39 is 0 Å². The summed E-state index contributed by atoms with van der Waals surface area (Å²) in [6.45, 7) is 6.30. The van der Waals surface area contributed by atoms with E-state index >= 15 is 0 Å². The molecule has 1 N–H and O–H groups in total. The minimum atomic E-state index is 0.224. The predicted octanol–water partition coefficient (Wildman–Crippen LogP) is 3.49. The second-order valence-corrected chi connectivity index (χ2v) is 5.82. The van der Waals surface area contributed by atoms with Crippen LogP contribution in [0.4, 0.5) is 5.82 Å². The Labute approximate surface area is 119 Å². The molecule has 0 bridgehead atoms. The first-order valence-electron chi connectivity index (χ1n) is 6.78. The molecule has 1 aliphatic rings. The lowest BCUT2D eigenvalue weighted by molar-refractivity contribution is 0.112. The van der Waals surface area contributed by atoms with E-state index in [1.165, 1.54) is 12.8 Å². The highest BCUT2D eigenvalue weighted by atomic mass is 35.5. The lowest BCUT2D eigenvalue weighted by atomic mass is 9.78. The van der Waals surface area contributed by atoms with Gasteiger partial charge in [0, 0.05) is 6.04 Å². The first-order valence-corrected chi connectivity index (χ1v) is 7.16. The number of aryl methyl sites for hydroxylation is 1. The first kappa shape index (κ1) is 14.3. The standard InChI is InChI=1S/C14H20ClN3O/c1-8-5-4-6-12(9(8)2)18-14-11(7-19)13(15)16-10(3)17-14/h7-9,12H,4-6H2,1-3H3,(H,16,17,18). The molecule has 0 aliphatic heterocycles. The second kappa shape index (κ2) is 5.87. The third-order valence-electron chi connectivity index (χ3n) is 4.16. The monoisotopic (exact) mass is 281 g/mol. The van der Waals surface area contributed by atoms with Gasteiger partial charge in [-0.1, -0.05) is 38.3 Å². The van der Waals surface area contributed by atoms with E-state index in [0.717, 1.165) is 12.7 Å². The van der Waals surface area contributed by atoms with Crippen LogP contribution in [0.25, 0.3) is 0 Å². The van der Waals surface area contributed by atoms with E-state index in [4.69, 9.17) is 11.6 Å². The van der Waals surface area contributed by atoms with Crippen molar-refractivity contribution < 1.29 is 4.79 Å². The van der Waals surface area contributed by atoms with Crippen molar-refractivity contribution in [1.29, 1.82) is 0 Å². The SMILES string of the molecule is Cc1nc(Cl)c(C=O)c(NC2CCCC(C)C2C)n1. The average molecular weight is 282 g/mol. The molecule has 0 radical (unpaired) electrons. The summed E-state index contributed by atoms with van der Waals surface area (Å²) in [6.07, 6.45) is 4.30. The molecule has 1 aromatic rings. The zero-order valence-electron chi connectivity index (χ0n) is 11.6. The fourth-order valence-corrected chi connectivity index (χ4v) is 2.98. The summed E-state index contributed by atoms with van der Waals surface area (Å²) in [5, 5.41) is 3.62. The molecule has 19 heavy (non-hydrogen) atoms. The minimum absolute atomic E-state index is 0.224. The number of nitrogens with zero attached hydrogens (tertiary/aromatic N) is 2. The summed E-state index contributed by atoms with van der Waals surface area (Å²) in [7, 11) is 0. The molecule has 0 saturated heterocycles. The number of rotatable bonds is 3. The van der Waals surface area contributed by atoms with Crippen LogP contribution < -0.4 is 5.32 Å². The largest absolute Gasteiger partial charge is 0.366 e. The third-order valence-corrected chi connectivity index (χ3v) is 4.45. The van der Waals surface area contributed by atoms with Crippen LogP contribution in [-0.2, 0) is 0 Å². The number of nitrogens with one attached hydrogen (secondary N) is 1. The molecular weight excluding hydrogens is 262 g/mol. The molecule has 1 saturated carbocycles. The van der Waals surface area contributed by atoms with Crippen molar-refractivity contribution in [2.45, 2.75) is 46.1 Å². The second-order valence-electron chi connectivity index (χ2n) is 5.46. The van der Waals surface area contributed by atoms with Crippen LogP contribution in [-0.4, -0.2) is 22.3 Å². The average Bonchev–Trinajstić information content (AvgIpc) is 2.34. The molecule has 3 atom stereocenters. The van der Waals surface area contributed by atoms with Gasteiger partial charge in [0.15, 0.2) is 6.29 Å². The van der Waals surface area contributed by atoms with Crippen molar-refractivity contribution in [3.05, 3.63) is 16.5 Å². The zero-order valence-corrected chi connectivity index (χ0v) is 12.4. The molecule has 1 aliphatic carbocycles. The molecule has 0 spiro atoms. The van der Waals surface area contributed by atoms with E-state index in [1.807, 2.05) is 0 Å². The zero-order chi connectivity index (χ0) is 14.0. The van der Waals surface area contributed by atoms with Gasteiger partial charge in [0.1, 0.15) is 16.8 Å². The van der Waals surface area contributed by atoms with E-state index in [0.29, 0.717) is 35.1 Å². The van der Waals surface area contributed by atoms with Gasteiger partial charge in [0.25, 0.3) is 0 Å². The van der Waals surface area contributed by atoms with Gasteiger partial charge < -0.3 is 5.32 Å². The van der Waals surface area contributed by atoms with Gasteiger partial charge in [-0.15, -0.1) is 0 Å². The van der Waals surface area contributed by atoms with Gasteiger partial charge >= 0.3 is 0 Å². The summed E-state index contributed by atoms with van der Waals surface area (Å²) in [4.78, 5) is 19.5. The Bertz CT molecular complexity index is 478. The lowest BCUT2D eigenvalue weighted by Gasteiger charge is -2.35. The fourth-order valence-electron chi connectivity index (χ4n) is 2.72. The van der Waals surface area contributed by atoms with Crippen molar-refractivity contribution in [1.82, 2.24) is 9.97 Å². The van der Waals surface area contributed by atoms with E-state index in [9.17, 15) is 4.79 Å². The van der Waals surface area contributed by atoms with Gasteiger partial charge in [0.05, 0.1) is 5.56 Å². The summed E-state index contributed by atoms with van der Waals surface area (Å²) >= 11 is 6.00. The Morgan fingerprint density at radius 1 is 1.32 bits per heavy atom. The highest BCUT2D eigenvalue weighted by Crippen LogP contribution is 2.32. The Hall–Kier alpha value is -1.16. The maximum absolute atomic E-state index is 11.1. The topological polar surface area (TPSA) is 54.9 Å². The van der Waals surface area contributed by atoms with Gasteiger partial charge in [-0.3, -0.25) is 4.79 Å². The normalized spacial score (nSPS) is 27.1. The number of halogens is 1. The smallest absolute Gasteiger partial charge is 0.156 e. The van der Waals surface area contributed by atoms with Crippen molar-refractivity contribution >= 4 is 23.7 Å². The maximum Gasteiger partial charge on any atom is 0.156 e. The van der Waals surface area contributed by atoms with Crippen molar-refractivity contribution in [2.24, 2.45) is 11.8 Å². The molecular formula is C14H20ClN3O. The highest BCUT2D eigenvalue weighted by Gasteiger charge is 2.28. The van der Waals surface area contributed by atoms with Gasteiger partial charge in [-0.05, 0) is 25.2 Å². The summed E-state index contributed by atoms with van der Waals surface area (Å²) in [5.74, 6) is 2.39. The highest BCUT2D eigenvalue weighted by molar-refractivity contribution is 6.32. The summed E-state index contributed by atoms with van der Waals surface area (Å²) < 4.78 is 0. The quantitative estimate of drug-likeness (QED) is 0.681.